The number of pyridine rings is 1. The lowest BCUT2D eigenvalue weighted by Crippen LogP contribution is -2.48. The highest BCUT2D eigenvalue weighted by Crippen LogP contribution is 2.40. The van der Waals surface area contributed by atoms with Crippen molar-refractivity contribution in [2.24, 2.45) is 5.92 Å². The maximum atomic E-state index is 15.5. The first-order valence-corrected chi connectivity index (χ1v) is 17.8. The Morgan fingerprint density at radius 1 is 0.977 bits per heavy atom. The van der Waals surface area contributed by atoms with Crippen LogP contribution in [0, 0.1) is 5.92 Å². The Kier molecular flexibility index (Phi) is 7.81. The van der Waals surface area contributed by atoms with Crippen LogP contribution >= 0.6 is 0 Å². The van der Waals surface area contributed by atoms with E-state index in [1.807, 2.05) is 19.2 Å². The van der Waals surface area contributed by atoms with Crippen molar-refractivity contribution < 1.29 is 17.2 Å². The van der Waals surface area contributed by atoms with Crippen molar-refractivity contribution in [3.05, 3.63) is 65.2 Å². The van der Waals surface area contributed by atoms with E-state index >= 15 is 8.78 Å². The summed E-state index contributed by atoms with van der Waals surface area (Å²) in [5, 5.41) is 4.31. The number of nitrogens with one attached hydrogen (secondary N) is 1. The second-order valence-corrected chi connectivity index (χ2v) is 15.4. The molecule has 7 heterocycles. The molecule has 0 saturated carbocycles. The van der Waals surface area contributed by atoms with Gasteiger partial charge in [-0.05, 0) is 80.7 Å². The molecule has 44 heavy (non-hydrogen) atoms. The summed E-state index contributed by atoms with van der Waals surface area (Å²) in [6.45, 7) is 4.41. The third kappa shape index (κ3) is 5.80. The summed E-state index contributed by atoms with van der Waals surface area (Å²) >= 11 is 0. The quantitative estimate of drug-likeness (QED) is 0.267. The minimum atomic E-state index is -3.02. The third-order valence-corrected chi connectivity index (χ3v) is 11.6. The molecule has 1 atom stereocenters. The number of hydrogen-bond acceptors (Lipinski definition) is 7. The number of halogens is 2. The van der Waals surface area contributed by atoms with Gasteiger partial charge in [0.2, 0.25) is 0 Å². The van der Waals surface area contributed by atoms with E-state index in [0.717, 1.165) is 85.2 Å². The van der Waals surface area contributed by atoms with Gasteiger partial charge >= 0.3 is 0 Å². The predicted molar refractivity (Wildman–Crippen MR) is 168 cm³/mol. The van der Waals surface area contributed by atoms with E-state index in [2.05, 4.69) is 25.7 Å². The Labute approximate surface area is 257 Å². The van der Waals surface area contributed by atoms with Crippen LogP contribution in [0.4, 0.5) is 14.6 Å². The molecule has 0 amide bonds. The zero-order valence-corrected chi connectivity index (χ0v) is 26.0. The van der Waals surface area contributed by atoms with Crippen molar-refractivity contribution >= 4 is 32.3 Å². The van der Waals surface area contributed by atoms with E-state index in [4.69, 9.17) is 9.97 Å². The van der Waals surface area contributed by atoms with Gasteiger partial charge in [0.05, 0.1) is 16.9 Å². The first-order chi connectivity index (χ1) is 21.2. The standard InChI is InChI=1S/C33H40F2N6O2S/c1-22-25-7-6-8-26(15-25)33(34,35)17-23-19-40(20-23)12-5-3-2-4-9-27-18-36-31-28(24-10-13-44(42,43)14-11-24)16-29-30(39-22)37-21-38-32(29)41(27)31/h6-8,15-16,18,21-24H,2-5,9-14,17,19-20H2,1H3,(H,37,38,39)/t22-/m1/s1. The number of aromatic nitrogens is 4. The van der Waals surface area contributed by atoms with Crippen molar-refractivity contribution in [1.29, 1.82) is 0 Å². The van der Waals surface area contributed by atoms with Crippen LogP contribution < -0.4 is 5.32 Å². The van der Waals surface area contributed by atoms with E-state index in [-0.39, 0.29) is 41.4 Å². The van der Waals surface area contributed by atoms with E-state index in [0.29, 0.717) is 18.7 Å². The average molecular weight is 623 g/mol. The number of rotatable bonds is 1. The molecule has 0 spiro atoms. The highest BCUT2D eigenvalue weighted by molar-refractivity contribution is 7.91. The highest BCUT2D eigenvalue weighted by atomic mass is 32.2. The molecule has 0 aliphatic carbocycles. The molecule has 4 aliphatic rings. The number of hydrogen-bond donors (Lipinski definition) is 1. The summed E-state index contributed by atoms with van der Waals surface area (Å²) in [7, 11) is -3.02. The van der Waals surface area contributed by atoms with Crippen LogP contribution in [0.15, 0.2) is 42.9 Å². The molecule has 4 aromatic rings. The lowest BCUT2D eigenvalue weighted by atomic mass is 9.89. The smallest absolute Gasteiger partial charge is 0.273 e. The molecule has 1 N–H and O–H groups in total. The zero-order valence-electron chi connectivity index (χ0n) is 25.2. The number of nitrogens with zero attached hydrogens (tertiary/aromatic N) is 5. The average Bonchev–Trinajstić information content (AvgIpc) is 3.41. The van der Waals surface area contributed by atoms with E-state index in [9.17, 15) is 8.42 Å². The Hall–Kier alpha value is -3.18. The van der Waals surface area contributed by atoms with Crippen LogP contribution in [0.3, 0.4) is 0 Å². The molecule has 8 bridgehead atoms. The topological polar surface area (TPSA) is 92.5 Å². The molecule has 3 aromatic heterocycles. The molecular weight excluding hydrogens is 582 g/mol. The predicted octanol–water partition coefficient (Wildman–Crippen LogP) is 6.27. The Morgan fingerprint density at radius 2 is 1.77 bits per heavy atom. The van der Waals surface area contributed by atoms with E-state index < -0.39 is 15.8 Å². The Bertz CT molecular complexity index is 1770. The molecule has 2 fully saturated rings. The normalized spacial score (nSPS) is 26.2. The Balaban J connectivity index is 1.30. The Morgan fingerprint density at radius 3 is 2.59 bits per heavy atom. The van der Waals surface area contributed by atoms with Crippen LogP contribution in [0.25, 0.3) is 16.7 Å². The van der Waals surface area contributed by atoms with Gasteiger partial charge in [-0.25, -0.2) is 32.2 Å². The SMILES string of the molecule is C[C@H]1Nc2ncnc3c2cc(C2CCS(=O)(=O)CC2)c2ncc(n23)CCCCCCN2CC(C2)CC(F)(F)c2cccc1c2. The maximum absolute atomic E-state index is 15.5. The number of fused-ring (bicyclic) bond motifs is 7. The van der Waals surface area contributed by atoms with E-state index in [1.54, 1.807) is 12.1 Å². The molecular formula is C33H40F2N6O2S. The fourth-order valence-corrected chi connectivity index (χ4v) is 8.82. The molecule has 0 unspecified atom stereocenters. The largest absolute Gasteiger partial charge is 0.363 e. The lowest BCUT2D eigenvalue weighted by Gasteiger charge is -2.41. The molecule has 234 valence electrons. The van der Waals surface area contributed by atoms with Gasteiger partial charge in [-0.2, -0.15) is 0 Å². The van der Waals surface area contributed by atoms with Crippen LogP contribution in [-0.2, 0) is 22.2 Å². The third-order valence-electron chi connectivity index (χ3n) is 9.86. The summed E-state index contributed by atoms with van der Waals surface area (Å²) in [4.78, 5) is 16.5. The van der Waals surface area contributed by atoms with Crippen molar-refractivity contribution in [3.8, 4) is 0 Å². The molecule has 4 aliphatic heterocycles. The number of aryl methyl sites for hydroxylation is 1. The van der Waals surface area contributed by atoms with Crippen molar-refractivity contribution in [3.63, 3.8) is 0 Å². The van der Waals surface area contributed by atoms with Gasteiger partial charge in [0.15, 0.2) is 5.65 Å². The van der Waals surface area contributed by atoms with Gasteiger partial charge in [0.25, 0.3) is 5.92 Å². The van der Waals surface area contributed by atoms with Crippen molar-refractivity contribution in [1.82, 2.24) is 24.3 Å². The molecule has 8 nitrogen and oxygen atoms in total. The van der Waals surface area contributed by atoms with E-state index in [1.165, 1.54) is 12.4 Å². The number of benzene rings is 1. The van der Waals surface area contributed by atoms with Gasteiger partial charge < -0.3 is 10.2 Å². The van der Waals surface area contributed by atoms with Gasteiger partial charge in [0.1, 0.15) is 27.6 Å². The van der Waals surface area contributed by atoms with Gasteiger partial charge in [-0.3, -0.25) is 4.40 Å². The summed E-state index contributed by atoms with van der Waals surface area (Å²) in [5.74, 6) is -1.86. The number of imidazole rings is 1. The number of sulfone groups is 1. The van der Waals surface area contributed by atoms with Crippen molar-refractivity contribution in [2.45, 2.75) is 76.2 Å². The minimum absolute atomic E-state index is 0.0154. The van der Waals surface area contributed by atoms with Crippen LogP contribution in [0.5, 0.6) is 0 Å². The van der Waals surface area contributed by atoms with Crippen LogP contribution in [0.2, 0.25) is 0 Å². The molecule has 11 heteroatoms. The highest BCUT2D eigenvalue weighted by Gasteiger charge is 2.39. The molecule has 0 radical (unpaired) electrons. The monoisotopic (exact) mass is 622 g/mol. The summed E-state index contributed by atoms with van der Waals surface area (Å²) in [6, 6.07) is 8.53. The van der Waals surface area contributed by atoms with Gasteiger partial charge in [-0.1, -0.05) is 31.0 Å². The lowest BCUT2D eigenvalue weighted by molar-refractivity contribution is -0.0568. The fourth-order valence-electron chi connectivity index (χ4n) is 7.33. The fraction of sp³-hybridized carbons (Fsp3) is 0.545. The first kappa shape index (κ1) is 29.5. The summed E-state index contributed by atoms with van der Waals surface area (Å²) in [6.07, 6.45) is 9.57. The van der Waals surface area contributed by atoms with Gasteiger partial charge in [0, 0.05) is 43.0 Å². The number of alkyl halides is 2. The molecule has 1 aromatic carbocycles. The molecule has 8 rings (SSSR count). The second-order valence-electron chi connectivity index (χ2n) is 13.1. The minimum Gasteiger partial charge on any atom is -0.363 e. The molecule has 2 saturated heterocycles. The maximum Gasteiger partial charge on any atom is 0.273 e. The van der Waals surface area contributed by atoms with Crippen LogP contribution in [0.1, 0.15) is 86.2 Å². The summed E-state index contributed by atoms with van der Waals surface area (Å²) < 4.78 is 57.6. The summed E-state index contributed by atoms with van der Waals surface area (Å²) in [5.41, 5.74) is 4.48. The van der Waals surface area contributed by atoms with Crippen molar-refractivity contribution in [2.75, 3.05) is 36.5 Å². The first-order valence-electron chi connectivity index (χ1n) is 16.0. The second kappa shape index (κ2) is 11.6. The van der Waals surface area contributed by atoms with Gasteiger partial charge in [-0.15, -0.1) is 0 Å². The number of anilines is 1. The zero-order chi connectivity index (χ0) is 30.5. The van der Waals surface area contributed by atoms with Crippen LogP contribution in [-0.4, -0.2) is 63.8 Å².